The number of anilines is 2. The zero-order valence-electron chi connectivity index (χ0n) is 14.9. The summed E-state index contributed by atoms with van der Waals surface area (Å²) >= 11 is 0. The van der Waals surface area contributed by atoms with Crippen molar-refractivity contribution < 1.29 is 26.4 Å². The summed E-state index contributed by atoms with van der Waals surface area (Å²) in [5, 5.41) is 3.81. The molecule has 2 aromatic rings. The Hall–Kier alpha value is -2.85. The Morgan fingerprint density at radius 3 is 2.54 bits per heavy atom. The number of benzene rings is 2. The highest BCUT2D eigenvalue weighted by atomic mass is 32.2. The summed E-state index contributed by atoms with van der Waals surface area (Å²) in [5.41, 5.74) is 0.545. The van der Waals surface area contributed by atoms with E-state index >= 15 is 0 Å². The van der Waals surface area contributed by atoms with Crippen LogP contribution < -0.4 is 10.0 Å². The monoisotopic (exact) mass is 422 g/mol. The second-order valence-electron chi connectivity index (χ2n) is 5.92. The molecular formula is C18H18N2O6S2. The van der Waals surface area contributed by atoms with E-state index in [9.17, 15) is 21.6 Å². The van der Waals surface area contributed by atoms with Gasteiger partial charge in [0.15, 0.2) is 0 Å². The summed E-state index contributed by atoms with van der Waals surface area (Å²) in [7, 11) is -7.71. The molecule has 1 aliphatic heterocycles. The maximum Gasteiger partial charge on any atom is 0.311 e. The number of hydrogen-bond donors (Lipinski definition) is 2. The van der Waals surface area contributed by atoms with Gasteiger partial charge in [0, 0.05) is 5.70 Å². The third-order valence-electron chi connectivity index (χ3n) is 3.83. The van der Waals surface area contributed by atoms with Crippen molar-refractivity contribution in [3.8, 4) is 0 Å². The number of hydrogen-bond acceptors (Lipinski definition) is 7. The van der Waals surface area contributed by atoms with Gasteiger partial charge >= 0.3 is 5.97 Å². The van der Waals surface area contributed by atoms with Crippen molar-refractivity contribution in [3.05, 3.63) is 59.6 Å². The van der Waals surface area contributed by atoms with Gasteiger partial charge in [-0.05, 0) is 37.3 Å². The fraction of sp³-hybridized carbons (Fsp3) is 0.167. The maximum atomic E-state index is 12.6. The predicted octanol–water partition coefficient (Wildman–Crippen LogP) is 2.48. The summed E-state index contributed by atoms with van der Waals surface area (Å²) in [5.74, 6) is -0.549. The van der Waals surface area contributed by atoms with Crippen molar-refractivity contribution in [3.63, 3.8) is 0 Å². The van der Waals surface area contributed by atoms with Crippen LogP contribution in [0, 0.1) is 0 Å². The second-order valence-corrected chi connectivity index (χ2v) is 9.37. The van der Waals surface area contributed by atoms with Gasteiger partial charge in [-0.25, -0.2) is 16.8 Å². The molecule has 1 heterocycles. The lowest BCUT2D eigenvalue weighted by Crippen LogP contribution is -2.18. The van der Waals surface area contributed by atoms with Gasteiger partial charge in [-0.1, -0.05) is 18.2 Å². The van der Waals surface area contributed by atoms with Crippen LogP contribution in [0.3, 0.4) is 0 Å². The fourth-order valence-electron chi connectivity index (χ4n) is 2.64. The first kappa shape index (κ1) is 19.9. The van der Waals surface area contributed by atoms with Crippen LogP contribution in [-0.4, -0.2) is 29.4 Å². The summed E-state index contributed by atoms with van der Waals surface area (Å²) < 4.78 is 57.2. The molecule has 0 aromatic heterocycles. The van der Waals surface area contributed by atoms with Crippen LogP contribution in [0.5, 0.6) is 0 Å². The Morgan fingerprint density at radius 2 is 1.86 bits per heavy atom. The largest absolute Gasteiger partial charge is 0.466 e. The minimum Gasteiger partial charge on any atom is -0.466 e. The molecule has 0 amide bonds. The van der Waals surface area contributed by atoms with E-state index in [1.54, 1.807) is 25.1 Å². The first-order valence-corrected chi connectivity index (χ1v) is 11.3. The molecule has 2 aromatic carbocycles. The highest BCUT2D eigenvalue weighted by Gasteiger charge is 2.26. The third kappa shape index (κ3) is 4.34. The minimum atomic E-state index is -3.86. The normalized spacial score (nSPS) is 15.0. The fourth-order valence-corrected chi connectivity index (χ4v) is 5.08. The lowest BCUT2D eigenvalue weighted by molar-refractivity contribution is -0.142. The SMILES string of the molecule is CCOC(=O)CC1=CS(=O)(=O)c2cc(NS(=O)(=O)c3ccccc3)ccc2N1. The summed E-state index contributed by atoms with van der Waals surface area (Å²) in [6.07, 6.45) is -0.213. The van der Waals surface area contributed by atoms with Crippen molar-refractivity contribution in [1.82, 2.24) is 0 Å². The highest BCUT2D eigenvalue weighted by Crippen LogP contribution is 2.33. The van der Waals surface area contributed by atoms with Gasteiger partial charge in [0.25, 0.3) is 10.0 Å². The highest BCUT2D eigenvalue weighted by molar-refractivity contribution is 7.94. The zero-order chi connectivity index (χ0) is 20.4. The van der Waals surface area contributed by atoms with Gasteiger partial charge in [0.2, 0.25) is 9.84 Å². The van der Waals surface area contributed by atoms with E-state index in [0.717, 1.165) is 5.41 Å². The van der Waals surface area contributed by atoms with E-state index in [2.05, 4.69) is 10.0 Å². The zero-order valence-corrected chi connectivity index (χ0v) is 16.5. The van der Waals surface area contributed by atoms with Crippen LogP contribution in [0.25, 0.3) is 0 Å². The Balaban J connectivity index is 1.88. The van der Waals surface area contributed by atoms with Crippen molar-refractivity contribution in [2.24, 2.45) is 0 Å². The Bertz CT molecular complexity index is 1140. The number of rotatable bonds is 6. The molecule has 1 aliphatic rings. The van der Waals surface area contributed by atoms with Crippen LogP contribution >= 0.6 is 0 Å². The molecular weight excluding hydrogens is 404 g/mol. The first-order chi connectivity index (χ1) is 13.2. The molecule has 0 spiro atoms. The van der Waals surface area contributed by atoms with Gasteiger partial charge in [-0.15, -0.1) is 0 Å². The standard InChI is InChI=1S/C18H18N2O6S2/c1-2-26-18(21)11-14-12-27(22,23)17-10-13(8-9-16(17)19-14)20-28(24,25)15-6-4-3-5-7-15/h3-10,12,19-20H,2,11H2,1H3. The Morgan fingerprint density at radius 1 is 1.14 bits per heavy atom. The second kappa shape index (κ2) is 7.64. The number of sulfone groups is 1. The lowest BCUT2D eigenvalue weighted by atomic mass is 10.2. The average Bonchev–Trinajstić information content (AvgIpc) is 2.62. The van der Waals surface area contributed by atoms with Crippen molar-refractivity contribution in [1.29, 1.82) is 0 Å². The minimum absolute atomic E-state index is 0.0605. The molecule has 148 valence electrons. The predicted molar refractivity (Wildman–Crippen MR) is 104 cm³/mol. The molecule has 0 radical (unpaired) electrons. The number of carbonyl (C=O) groups is 1. The summed E-state index contributed by atoms with van der Waals surface area (Å²) in [6.45, 7) is 1.85. The van der Waals surface area contributed by atoms with Crippen molar-refractivity contribution in [2.45, 2.75) is 23.1 Å². The Kier molecular flexibility index (Phi) is 5.43. The van der Waals surface area contributed by atoms with E-state index in [0.29, 0.717) is 0 Å². The van der Waals surface area contributed by atoms with E-state index in [1.165, 1.54) is 30.3 Å². The molecule has 0 unspecified atom stereocenters. The van der Waals surface area contributed by atoms with Gasteiger partial charge < -0.3 is 10.1 Å². The van der Waals surface area contributed by atoms with Crippen molar-refractivity contribution >= 4 is 37.2 Å². The number of carbonyl (C=O) groups excluding carboxylic acids is 1. The maximum absolute atomic E-state index is 12.6. The summed E-state index contributed by atoms with van der Waals surface area (Å²) in [6, 6.07) is 11.8. The molecule has 0 fully saturated rings. The molecule has 0 atom stereocenters. The molecule has 28 heavy (non-hydrogen) atoms. The number of sulfonamides is 1. The van der Waals surface area contributed by atoms with Crippen LogP contribution in [0.4, 0.5) is 11.4 Å². The van der Waals surface area contributed by atoms with Crippen LogP contribution in [0.15, 0.2) is 69.4 Å². The third-order valence-corrected chi connectivity index (χ3v) is 6.77. The van der Waals surface area contributed by atoms with Crippen molar-refractivity contribution in [2.75, 3.05) is 16.6 Å². The average molecular weight is 422 g/mol. The van der Waals surface area contributed by atoms with Gasteiger partial charge in [-0.2, -0.15) is 0 Å². The number of ether oxygens (including phenoxy) is 1. The van der Waals surface area contributed by atoms with Crippen LogP contribution in [0.2, 0.25) is 0 Å². The molecule has 0 aliphatic carbocycles. The lowest BCUT2D eigenvalue weighted by Gasteiger charge is -2.20. The van der Waals surface area contributed by atoms with E-state index in [-0.39, 0.29) is 39.9 Å². The number of nitrogens with one attached hydrogen (secondary N) is 2. The molecule has 2 N–H and O–H groups in total. The quantitative estimate of drug-likeness (QED) is 0.687. The molecule has 10 heteroatoms. The van der Waals surface area contributed by atoms with E-state index in [4.69, 9.17) is 4.74 Å². The van der Waals surface area contributed by atoms with Gasteiger partial charge in [-0.3, -0.25) is 9.52 Å². The summed E-state index contributed by atoms with van der Waals surface area (Å²) in [4.78, 5) is 11.6. The topological polar surface area (TPSA) is 119 Å². The number of esters is 1. The first-order valence-electron chi connectivity index (χ1n) is 8.31. The smallest absolute Gasteiger partial charge is 0.311 e. The molecule has 8 nitrogen and oxygen atoms in total. The molecule has 0 saturated heterocycles. The van der Waals surface area contributed by atoms with Gasteiger partial charge in [0.1, 0.15) is 0 Å². The van der Waals surface area contributed by atoms with Crippen LogP contribution in [-0.2, 0) is 29.4 Å². The molecule has 0 saturated carbocycles. The van der Waals surface area contributed by atoms with E-state index < -0.39 is 25.8 Å². The molecule has 0 bridgehead atoms. The Labute approximate surface area is 163 Å². The van der Waals surface area contributed by atoms with E-state index in [1.807, 2.05) is 0 Å². The number of fused-ring (bicyclic) bond motifs is 1. The molecule has 3 rings (SSSR count). The van der Waals surface area contributed by atoms with Gasteiger partial charge in [0.05, 0.1) is 39.6 Å². The van der Waals surface area contributed by atoms with Crippen LogP contribution in [0.1, 0.15) is 13.3 Å².